The maximum absolute atomic E-state index is 14.6. The van der Waals surface area contributed by atoms with Crippen molar-refractivity contribution < 1.29 is 47.4 Å². The van der Waals surface area contributed by atoms with Gasteiger partial charge in [-0.3, -0.25) is 28.9 Å². The van der Waals surface area contributed by atoms with E-state index >= 15 is 0 Å². The minimum Gasteiger partial charge on any atom is -0.507 e. The quantitative estimate of drug-likeness (QED) is 0.368. The van der Waals surface area contributed by atoms with Crippen LogP contribution in [0.15, 0.2) is 6.07 Å². The Bertz CT molecular complexity index is 1370. The largest absolute Gasteiger partial charge is 0.507 e. The van der Waals surface area contributed by atoms with Crippen molar-refractivity contribution in [2.45, 2.75) is 75.4 Å². The van der Waals surface area contributed by atoms with Gasteiger partial charge in [0.2, 0.25) is 5.91 Å². The molecule has 5 rings (SSSR count). The summed E-state index contributed by atoms with van der Waals surface area (Å²) in [5.41, 5.74) is -0.0615. The smallest absolute Gasteiger partial charge is 0.417 e. The fourth-order valence-corrected chi connectivity index (χ4v) is 7.80. The Morgan fingerprint density at radius 2 is 1.76 bits per heavy atom. The summed E-state index contributed by atoms with van der Waals surface area (Å²) < 4.78 is 43.8. The van der Waals surface area contributed by atoms with Crippen molar-refractivity contribution in [3.63, 3.8) is 0 Å². The van der Waals surface area contributed by atoms with E-state index in [-0.39, 0.29) is 24.6 Å². The van der Waals surface area contributed by atoms with Gasteiger partial charge in [-0.15, -0.1) is 0 Å². The lowest BCUT2D eigenvalue weighted by atomic mass is 9.52. The number of alkyl halides is 3. The number of Topliss-reactive ketones (excluding diaryl/α,β-unsaturated/α-hetero) is 4. The fraction of sp³-hybridized carbons (Fsp3) is 0.621. The Kier molecular flexibility index (Phi) is 7.60. The number of nitrogens with two attached hydrogens (primary N) is 1. The number of nitrogens with one attached hydrogen (secondary N) is 1. The molecule has 10 nitrogen and oxygen atoms in total. The molecule has 4 aliphatic carbocycles. The van der Waals surface area contributed by atoms with Crippen LogP contribution >= 0.6 is 0 Å². The van der Waals surface area contributed by atoms with Crippen molar-refractivity contribution in [1.29, 1.82) is 0 Å². The first-order valence-corrected chi connectivity index (χ1v) is 14.1. The van der Waals surface area contributed by atoms with Gasteiger partial charge >= 0.3 is 6.18 Å². The second-order valence-corrected chi connectivity index (χ2v) is 12.3. The summed E-state index contributed by atoms with van der Waals surface area (Å²) in [6.07, 6.45) is -1.08. The monoisotopic (exact) mass is 593 g/mol. The van der Waals surface area contributed by atoms with Crippen molar-refractivity contribution in [2.75, 3.05) is 14.1 Å². The van der Waals surface area contributed by atoms with Crippen molar-refractivity contribution in [3.8, 4) is 5.75 Å². The van der Waals surface area contributed by atoms with Gasteiger partial charge in [-0.1, -0.05) is 19.3 Å². The van der Waals surface area contributed by atoms with E-state index in [1.807, 2.05) is 0 Å². The highest BCUT2D eigenvalue weighted by molar-refractivity contribution is 6.32. The second kappa shape index (κ2) is 10.5. The topological polar surface area (TPSA) is 167 Å². The summed E-state index contributed by atoms with van der Waals surface area (Å²) in [6.45, 7) is -0.190. The molecule has 228 valence electrons. The standard InChI is InChI=1S/C29H34F3N3O7/c1-35(2)22-16-9-12-8-15-19(23(37)18(12)25(39)28(16,42)26(40)20(24(22)38)27(33)41)17(36)10-13(21(15)29(30,31)32)11-34-14-6-4-3-5-7-14/h10,12,14,16,18,20,22,34,36,42H,3-9,11H2,1-2H3,(H2,33,41)/t12-,16-,18?,20?,22-,28-/m0/s1. The normalized spacial score (nSPS) is 32.0. The van der Waals surface area contributed by atoms with Crippen LogP contribution in [0.2, 0.25) is 0 Å². The van der Waals surface area contributed by atoms with E-state index in [0.717, 1.165) is 38.2 Å². The number of aliphatic hydroxyl groups is 1. The molecule has 0 spiro atoms. The minimum absolute atomic E-state index is 0.0197. The number of hydrogen-bond acceptors (Lipinski definition) is 9. The number of primary amides is 1. The van der Waals surface area contributed by atoms with Gasteiger partial charge in [-0.2, -0.15) is 13.2 Å². The molecule has 0 saturated heterocycles. The molecule has 3 fully saturated rings. The lowest BCUT2D eigenvalue weighted by Gasteiger charge is -2.52. The summed E-state index contributed by atoms with van der Waals surface area (Å²) >= 11 is 0. The van der Waals surface area contributed by atoms with Gasteiger partial charge in [-0.25, -0.2) is 0 Å². The number of phenols is 1. The summed E-state index contributed by atoms with van der Waals surface area (Å²) in [4.78, 5) is 67.5. The predicted octanol–water partition coefficient (Wildman–Crippen LogP) is 1.31. The minimum atomic E-state index is -4.90. The summed E-state index contributed by atoms with van der Waals surface area (Å²) in [7, 11) is 2.86. The molecule has 3 saturated carbocycles. The van der Waals surface area contributed by atoms with Gasteiger partial charge < -0.3 is 21.3 Å². The Balaban J connectivity index is 1.60. The molecule has 1 aromatic rings. The van der Waals surface area contributed by atoms with E-state index in [1.165, 1.54) is 19.0 Å². The number of carbonyl (C=O) groups excluding carboxylic acids is 5. The van der Waals surface area contributed by atoms with E-state index in [4.69, 9.17) is 5.73 Å². The average molecular weight is 594 g/mol. The zero-order valence-electron chi connectivity index (χ0n) is 23.3. The summed E-state index contributed by atoms with van der Waals surface area (Å²) in [5.74, 6) is -13.3. The van der Waals surface area contributed by atoms with Crippen LogP contribution in [0.1, 0.15) is 65.6 Å². The van der Waals surface area contributed by atoms with Gasteiger partial charge in [-0.05, 0) is 62.9 Å². The Morgan fingerprint density at radius 1 is 1.12 bits per heavy atom. The van der Waals surface area contributed by atoms with E-state index in [1.54, 1.807) is 0 Å². The Labute approximate surface area is 239 Å². The Hall–Kier alpha value is -3.16. The number of ketones is 4. The number of benzene rings is 1. The number of phenolic OH excluding ortho intramolecular Hbond substituents is 1. The van der Waals surface area contributed by atoms with Crippen LogP contribution in [0, 0.1) is 23.7 Å². The van der Waals surface area contributed by atoms with E-state index < -0.39 is 99.4 Å². The first-order chi connectivity index (χ1) is 19.6. The molecule has 0 aromatic heterocycles. The van der Waals surface area contributed by atoms with E-state index in [2.05, 4.69) is 5.32 Å². The van der Waals surface area contributed by atoms with Gasteiger partial charge in [0.25, 0.3) is 0 Å². The number of likely N-dealkylation sites (N-methyl/N-ethyl adjacent to an activating group) is 1. The van der Waals surface area contributed by atoms with Crippen molar-refractivity contribution in [2.24, 2.45) is 29.4 Å². The molecule has 1 aromatic carbocycles. The van der Waals surface area contributed by atoms with Crippen LogP contribution in [-0.2, 0) is 38.3 Å². The number of nitrogens with zero attached hydrogens (tertiary/aromatic N) is 1. The van der Waals surface area contributed by atoms with Gasteiger partial charge in [0, 0.05) is 18.5 Å². The second-order valence-electron chi connectivity index (χ2n) is 12.3. The van der Waals surface area contributed by atoms with E-state index in [9.17, 15) is 47.4 Å². The maximum atomic E-state index is 14.6. The number of fused-ring (bicyclic) bond motifs is 3. The molecule has 2 unspecified atom stereocenters. The molecule has 4 aliphatic rings. The van der Waals surface area contributed by atoms with Crippen LogP contribution in [0.4, 0.5) is 13.2 Å². The zero-order chi connectivity index (χ0) is 30.9. The molecule has 13 heteroatoms. The number of carbonyl (C=O) groups is 5. The molecule has 42 heavy (non-hydrogen) atoms. The lowest BCUT2D eigenvalue weighted by molar-refractivity contribution is -0.181. The fourth-order valence-electron chi connectivity index (χ4n) is 7.80. The SMILES string of the molecule is CN(C)[C@@H]1C(=O)C(C(N)=O)C(=O)[C@@]2(O)C(=O)C3C(=O)c4c(O)cc(CNC5CCCCC5)c(C(F)(F)F)c4C[C@H]3C[C@@H]12. The van der Waals surface area contributed by atoms with Crippen LogP contribution in [0.5, 0.6) is 5.75 Å². The summed E-state index contributed by atoms with van der Waals surface area (Å²) in [6, 6.07) is -0.435. The molecule has 5 N–H and O–H groups in total. The molecule has 6 atom stereocenters. The highest BCUT2D eigenvalue weighted by Gasteiger charge is 2.69. The van der Waals surface area contributed by atoms with E-state index in [0.29, 0.717) is 0 Å². The predicted molar refractivity (Wildman–Crippen MR) is 140 cm³/mol. The van der Waals surface area contributed by atoms with Gasteiger partial charge in [0.1, 0.15) is 5.75 Å². The van der Waals surface area contributed by atoms with Crippen LogP contribution < -0.4 is 11.1 Å². The number of amides is 1. The van der Waals surface area contributed by atoms with Crippen molar-refractivity contribution >= 4 is 29.0 Å². The molecule has 1 amide bonds. The number of halogens is 3. The third-order valence-electron chi connectivity index (χ3n) is 9.62. The van der Waals surface area contributed by atoms with Crippen LogP contribution in [-0.4, -0.2) is 75.9 Å². The van der Waals surface area contributed by atoms with Crippen molar-refractivity contribution in [1.82, 2.24) is 10.2 Å². The number of rotatable bonds is 5. The lowest BCUT2D eigenvalue weighted by Crippen LogP contribution is -2.74. The maximum Gasteiger partial charge on any atom is 0.417 e. The van der Waals surface area contributed by atoms with Crippen LogP contribution in [0.3, 0.4) is 0 Å². The molecule has 0 bridgehead atoms. The Morgan fingerprint density at radius 3 is 2.33 bits per heavy atom. The summed E-state index contributed by atoms with van der Waals surface area (Å²) in [5, 5.41) is 25.6. The first-order valence-electron chi connectivity index (χ1n) is 14.1. The number of aromatic hydroxyl groups is 1. The highest BCUT2D eigenvalue weighted by atomic mass is 19.4. The highest BCUT2D eigenvalue weighted by Crippen LogP contribution is 2.52. The first kappa shape index (κ1) is 30.3. The molecule has 0 heterocycles. The molecular weight excluding hydrogens is 559 g/mol. The molecule has 0 radical (unpaired) electrons. The average Bonchev–Trinajstić information content (AvgIpc) is 2.88. The van der Waals surface area contributed by atoms with Crippen molar-refractivity contribution in [3.05, 3.63) is 28.3 Å². The third kappa shape index (κ3) is 4.56. The zero-order valence-corrected chi connectivity index (χ0v) is 23.3. The van der Waals surface area contributed by atoms with Crippen LogP contribution in [0.25, 0.3) is 0 Å². The van der Waals surface area contributed by atoms with Gasteiger partial charge in [0.15, 0.2) is 34.7 Å². The third-order valence-corrected chi connectivity index (χ3v) is 9.62. The number of hydrogen-bond donors (Lipinski definition) is 4. The molecular formula is C29H34F3N3O7. The van der Waals surface area contributed by atoms with Gasteiger partial charge in [0.05, 0.1) is 23.1 Å². The molecule has 0 aliphatic heterocycles.